The van der Waals surface area contributed by atoms with Crippen molar-refractivity contribution in [2.45, 2.75) is 19.8 Å². The van der Waals surface area contributed by atoms with Crippen LogP contribution in [0.5, 0.6) is 0 Å². The number of rotatable bonds is 9. The molecule has 9 nitrogen and oxygen atoms in total. The number of nitrogens with zero attached hydrogens (tertiary/aromatic N) is 5. The van der Waals surface area contributed by atoms with Crippen molar-refractivity contribution in [3.05, 3.63) is 47.4 Å². The van der Waals surface area contributed by atoms with Gasteiger partial charge in [0.05, 0.1) is 5.69 Å². The second-order valence-corrected chi connectivity index (χ2v) is 6.36. The lowest BCUT2D eigenvalue weighted by Crippen LogP contribution is -2.29. The zero-order chi connectivity index (χ0) is 18.9. The van der Waals surface area contributed by atoms with E-state index in [9.17, 15) is 4.79 Å². The highest BCUT2D eigenvalue weighted by atomic mass is 32.1. The molecule has 0 aliphatic heterocycles. The number of carbonyl (C=O) groups excluding carboxylic acids is 1. The van der Waals surface area contributed by atoms with Crippen molar-refractivity contribution in [3.8, 4) is 0 Å². The smallest absolute Gasteiger partial charge is 0.265 e. The zero-order valence-corrected chi connectivity index (χ0v) is 15.7. The first-order valence-corrected chi connectivity index (χ1v) is 9.37. The van der Waals surface area contributed by atoms with Gasteiger partial charge in [-0.2, -0.15) is 0 Å². The van der Waals surface area contributed by atoms with Gasteiger partial charge in [-0.25, -0.2) is 15.0 Å². The molecule has 0 spiro atoms. The second kappa shape index (κ2) is 9.53. The summed E-state index contributed by atoms with van der Waals surface area (Å²) in [5.41, 5.74) is 0.758. The zero-order valence-electron chi connectivity index (χ0n) is 14.8. The maximum atomic E-state index is 12.2. The highest BCUT2D eigenvalue weighted by Crippen LogP contribution is 2.14. The van der Waals surface area contributed by atoms with Gasteiger partial charge in [-0.3, -0.25) is 4.79 Å². The maximum Gasteiger partial charge on any atom is 0.265 e. The normalized spacial score (nSPS) is 10.4. The molecule has 0 aliphatic rings. The van der Waals surface area contributed by atoms with Crippen molar-refractivity contribution in [1.82, 2.24) is 29.9 Å². The third-order valence-corrected chi connectivity index (χ3v) is 4.32. The Morgan fingerprint density at radius 1 is 1.11 bits per heavy atom. The first-order valence-electron chi connectivity index (χ1n) is 8.59. The number of hydrogen-bond acceptors (Lipinski definition) is 9. The van der Waals surface area contributed by atoms with Gasteiger partial charge >= 0.3 is 0 Å². The van der Waals surface area contributed by atoms with Crippen molar-refractivity contribution in [2.75, 3.05) is 23.7 Å². The summed E-state index contributed by atoms with van der Waals surface area (Å²) in [4.78, 5) is 25.3. The Morgan fingerprint density at radius 3 is 2.81 bits per heavy atom. The fraction of sp³-hybridized carbons (Fsp3) is 0.294. The Balaban J connectivity index is 1.47. The second-order valence-electron chi connectivity index (χ2n) is 5.61. The number of carbonyl (C=O) groups is 1. The fourth-order valence-corrected chi connectivity index (χ4v) is 2.94. The van der Waals surface area contributed by atoms with Crippen LogP contribution >= 0.6 is 11.5 Å². The topological polar surface area (TPSA) is 118 Å². The summed E-state index contributed by atoms with van der Waals surface area (Å²) < 4.78 is 3.87. The highest BCUT2D eigenvalue weighted by Gasteiger charge is 2.14. The number of aromatic nitrogens is 5. The minimum absolute atomic E-state index is 0.143. The van der Waals surface area contributed by atoms with Crippen LogP contribution in [0.1, 0.15) is 28.7 Å². The molecular weight excluding hydrogens is 364 g/mol. The molecule has 27 heavy (non-hydrogen) atoms. The third-order valence-electron chi connectivity index (χ3n) is 3.55. The summed E-state index contributed by atoms with van der Waals surface area (Å²) in [6, 6.07) is 7.37. The SMILES string of the molecule is CCCc1nnsc1C(=O)NCCNc1cc(Nc2ccccn2)ncn1. The molecule has 3 aromatic heterocycles. The average molecular weight is 384 g/mol. The van der Waals surface area contributed by atoms with Gasteiger partial charge in [0.1, 0.15) is 28.7 Å². The molecule has 10 heteroatoms. The molecule has 0 unspecified atom stereocenters. The van der Waals surface area contributed by atoms with E-state index < -0.39 is 0 Å². The van der Waals surface area contributed by atoms with Crippen LogP contribution in [0.3, 0.4) is 0 Å². The fourth-order valence-electron chi connectivity index (χ4n) is 2.32. The van der Waals surface area contributed by atoms with Crippen LogP contribution in [-0.4, -0.2) is 43.5 Å². The summed E-state index contributed by atoms with van der Waals surface area (Å²) in [6.07, 6.45) is 4.85. The van der Waals surface area contributed by atoms with Crippen LogP contribution in [0.15, 0.2) is 36.8 Å². The molecule has 0 saturated carbocycles. The Morgan fingerprint density at radius 2 is 2.00 bits per heavy atom. The highest BCUT2D eigenvalue weighted by molar-refractivity contribution is 7.08. The molecule has 0 radical (unpaired) electrons. The molecule has 0 aliphatic carbocycles. The molecule has 0 bridgehead atoms. The Bertz CT molecular complexity index is 870. The van der Waals surface area contributed by atoms with Gasteiger partial charge in [0.25, 0.3) is 5.91 Å². The van der Waals surface area contributed by atoms with Crippen molar-refractivity contribution < 1.29 is 4.79 Å². The van der Waals surface area contributed by atoms with E-state index in [0.29, 0.717) is 35.4 Å². The summed E-state index contributed by atoms with van der Waals surface area (Å²) in [6.45, 7) is 3.03. The van der Waals surface area contributed by atoms with Gasteiger partial charge in [0, 0.05) is 25.4 Å². The van der Waals surface area contributed by atoms with Crippen LogP contribution in [0.25, 0.3) is 0 Å². The molecule has 3 aromatic rings. The number of hydrogen-bond donors (Lipinski definition) is 3. The molecule has 140 valence electrons. The first-order chi connectivity index (χ1) is 13.3. The third kappa shape index (κ3) is 5.42. The van der Waals surface area contributed by atoms with Gasteiger partial charge in [0.2, 0.25) is 0 Å². The molecule has 3 heterocycles. The van der Waals surface area contributed by atoms with Gasteiger partial charge in [-0.15, -0.1) is 5.10 Å². The lowest BCUT2D eigenvalue weighted by molar-refractivity contribution is 0.0958. The molecule has 0 saturated heterocycles. The van der Waals surface area contributed by atoms with E-state index >= 15 is 0 Å². The van der Waals surface area contributed by atoms with Gasteiger partial charge < -0.3 is 16.0 Å². The predicted octanol–water partition coefficient (Wildman–Crippen LogP) is 2.26. The molecule has 0 aromatic carbocycles. The monoisotopic (exact) mass is 384 g/mol. The van der Waals surface area contributed by atoms with E-state index in [2.05, 4.69) is 40.5 Å². The van der Waals surface area contributed by atoms with E-state index in [4.69, 9.17) is 0 Å². The van der Waals surface area contributed by atoms with Crippen LogP contribution in [-0.2, 0) is 6.42 Å². The maximum absolute atomic E-state index is 12.2. The van der Waals surface area contributed by atoms with E-state index in [1.807, 2.05) is 25.1 Å². The van der Waals surface area contributed by atoms with E-state index in [1.165, 1.54) is 6.33 Å². The number of anilines is 3. The molecule has 0 fully saturated rings. The van der Waals surface area contributed by atoms with Crippen LogP contribution in [0.2, 0.25) is 0 Å². The number of aryl methyl sites for hydroxylation is 1. The number of nitrogens with one attached hydrogen (secondary N) is 3. The molecule has 1 amide bonds. The summed E-state index contributed by atoms with van der Waals surface area (Å²) >= 11 is 1.13. The molecule has 3 N–H and O–H groups in total. The summed E-state index contributed by atoms with van der Waals surface area (Å²) in [7, 11) is 0. The quantitative estimate of drug-likeness (QED) is 0.481. The largest absolute Gasteiger partial charge is 0.368 e. The van der Waals surface area contributed by atoms with Crippen LogP contribution in [0, 0.1) is 0 Å². The van der Waals surface area contributed by atoms with Crippen molar-refractivity contribution in [3.63, 3.8) is 0 Å². The Kier molecular flexibility index (Phi) is 6.58. The van der Waals surface area contributed by atoms with E-state index in [1.54, 1.807) is 12.3 Å². The van der Waals surface area contributed by atoms with Crippen molar-refractivity contribution in [2.24, 2.45) is 0 Å². The summed E-state index contributed by atoms with van der Waals surface area (Å²) in [5, 5.41) is 13.1. The van der Waals surface area contributed by atoms with Gasteiger partial charge in [-0.05, 0) is 30.1 Å². The molecular formula is C17H20N8OS. The van der Waals surface area contributed by atoms with Crippen LogP contribution < -0.4 is 16.0 Å². The first kappa shape index (κ1) is 18.6. The lowest BCUT2D eigenvalue weighted by Gasteiger charge is -2.09. The Hall–Kier alpha value is -3.14. The standard InChI is InChI=1S/C17H20N8OS/c1-2-5-12-16(27-25-24-12)17(26)20-9-8-19-14-10-15(22-11-21-14)23-13-6-3-4-7-18-13/h3-4,6-7,10-11H,2,5,8-9H2,1H3,(H,20,26)(H2,18,19,21,22,23). The van der Waals surface area contributed by atoms with Crippen molar-refractivity contribution in [1.29, 1.82) is 0 Å². The van der Waals surface area contributed by atoms with E-state index in [-0.39, 0.29) is 5.91 Å². The minimum atomic E-state index is -0.143. The van der Waals surface area contributed by atoms with Gasteiger partial charge in [-0.1, -0.05) is 23.9 Å². The van der Waals surface area contributed by atoms with Crippen molar-refractivity contribution >= 4 is 34.9 Å². The minimum Gasteiger partial charge on any atom is -0.368 e. The van der Waals surface area contributed by atoms with E-state index in [0.717, 1.165) is 30.1 Å². The molecule has 0 atom stereocenters. The lowest BCUT2D eigenvalue weighted by atomic mass is 10.2. The Labute approximate surface area is 160 Å². The predicted molar refractivity (Wildman–Crippen MR) is 104 cm³/mol. The van der Waals surface area contributed by atoms with Crippen LogP contribution in [0.4, 0.5) is 17.5 Å². The number of pyridine rings is 1. The van der Waals surface area contributed by atoms with Gasteiger partial charge in [0.15, 0.2) is 0 Å². The average Bonchev–Trinajstić information content (AvgIpc) is 3.15. The summed E-state index contributed by atoms with van der Waals surface area (Å²) in [5.74, 6) is 1.85. The molecule has 3 rings (SSSR count). The number of amides is 1.